The number of likely N-dealkylation sites (tertiary alicyclic amines) is 1. The second-order valence-electron chi connectivity index (χ2n) is 5.92. The van der Waals surface area contributed by atoms with Gasteiger partial charge in [0.2, 0.25) is 5.91 Å². The second-order valence-corrected chi connectivity index (χ2v) is 5.92. The Balaban J connectivity index is 2.46. The first-order chi connectivity index (χ1) is 8.84. The van der Waals surface area contributed by atoms with Gasteiger partial charge in [0.1, 0.15) is 0 Å². The highest BCUT2D eigenvalue weighted by atomic mass is 16.5. The lowest BCUT2D eigenvalue weighted by Gasteiger charge is -2.25. The Morgan fingerprint density at radius 3 is 2.79 bits per heavy atom. The van der Waals surface area contributed by atoms with E-state index in [0.29, 0.717) is 19.6 Å². The first-order valence-corrected chi connectivity index (χ1v) is 6.95. The molecule has 0 spiro atoms. The van der Waals surface area contributed by atoms with Crippen LogP contribution < -0.4 is 0 Å². The van der Waals surface area contributed by atoms with Gasteiger partial charge in [-0.15, -0.1) is 0 Å². The molecule has 0 radical (unpaired) electrons. The smallest absolute Gasteiger partial charge is 0.308 e. The maximum atomic E-state index is 11.9. The van der Waals surface area contributed by atoms with Crippen LogP contribution in [-0.4, -0.2) is 47.7 Å². The van der Waals surface area contributed by atoms with Gasteiger partial charge >= 0.3 is 5.97 Å². The topological polar surface area (TPSA) is 66.8 Å². The highest BCUT2D eigenvalue weighted by Crippen LogP contribution is 2.30. The molecule has 5 heteroatoms. The average Bonchev–Trinajstić information content (AvgIpc) is 2.42. The lowest BCUT2D eigenvalue weighted by atomic mass is 9.85. The van der Waals surface area contributed by atoms with E-state index >= 15 is 0 Å². The summed E-state index contributed by atoms with van der Waals surface area (Å²) in [5.74, 6) is -0.355. The fourth-order valence-electron chi connectivity index (χ4n) is 2.22. The van der Waals surface area contributed by atoms with Crippen molar-refractivity contribution in [1.29, 1.82) is 0 Å². The molecule has 1 amide bonds. The molecule has 5 nitrogen and oxygen atoms in total. The molecule has 0 aromatic heterocycles. The van der Waals surface area contributed by atoms with Crippen molar-refractivity contribution in [2.24, 2.45) is 5.41 Å². The Hall–Kier alpha value is -1.10. The van der Waals surface area contributed by atoms with Crippen LogP contribution in [0.3, 0.4) is 0 Å². The quantitative estimate of drug-likeness (QED) is 0.766. The van der Waals surface area contributed by atoms with Crippen molar-refractivity contribution in [2.45, 2.75) is 52.6 Å². The zero-order valence-corrected chi connectivity index (χ0v) is 12.1. The standard InChI is InChI=1S/C14H25NO4/c1-4-19-13(18)9-11(16)10-15-8-7-14(2,3)6-5-12(15)17/h11,16H,4-10H2,1-3H3. The minimum absolute atomic E-state index is 0.0546. The van der Waals surface area contributed by atoms with Gasteiger partial charge in [-0.3, -0.25) is 9.59 Å². The number of esters is 1. The number of carbonyl (C=O) groups is 2. The Kier molecular flexibility index (Phi) is 5.79. The predicted molar refractivity (Wildman–Crippen MR) is 71.5 cm³/mol. The minimum Gasteiger partial charge on any atom is -0.466 e. The fraction of sp³-hybridized carbons (Fsp3) is 0.857. The van der Waals surface area contributed by atoms with Crippen LogP contribution in [0.15, 0.2) is 0 Å². The lowest BCUT2D eigenvalue weighted by molar-refractivity contribution is -0.146. The van der Waals surface area contributed by atoms with E-state index in [2.05, 4.69) is 13.8 Å². The van der Waals surface area contributed by atoms with Crippen molar-refractivity contribution in [1.82, 2.24) is 4.90 Å². The largest absolute Gasteiger partial charge is 0.466 e. The SMILES string of the molecule is CCOC(=O)CC(O)CN1CCC(C)(C)CCC1=O. The minimum atomic E-state index is -0.843. The van der Waals surface area contributed by atoms with Gasteiger partial charge in [-0.2, -0.15) is 0 Å². The molecular formula is C14H25NO4. The summed E-state index contributed by atoms with van der Waals surface area (Å²) in [5.41, 5.74) is 0.163. The Bertz CT molecular complexity index is 327. The fourth-order valence-corrected chi connectivity index (χ4v) is 2.22. The summed E-state index contributed by atoms with van der Waals surface area (Å²) in [7, 11) is 0. The van der Waals surface area contributed by atoms with E-state index in [1.54, 1.807) is 11.8 Å². The van der Waals surface area contributed by atoms with E-state index in [0.717, 1.165) is 12.8 Å². The Morgan fingerprint density at radius 2 is 2.16 bits per heavy atom. The van der Waals surface area contributed by atoms with Crippen LogP contribution in [0.5, 0.6) is 0 Å². The number of β-amino-alcohol motifs (C(OH)–C–C–N with tert-alkyl or cyclic N) is 1. The molecular weight excluding hydrogens is 246 g/mol. The Labute approximate surface area is 114 Å². The molecule has 110 valence electrons. The van der Waals surface area contributed by atoms with E-state index in [1.165, 1.54) is 0 Å². The number of carbonyl (C=O) groups excluding carboxylic acids is 2. The van der Waals surface area contributed by atoms with Gasteiger partial charge in [0.25, 0.3) is 0 Å². The molecule has 1 aliphatic rings. The molecule has 19 heavy (non-hydrogen) atoms. The maximum Gasteiger partial charge on any atom is 0.308 e. The molecule has 1 heterocycles. The molecule has 1 N–H and O–H groups in total. The number of aliphatic hydroxyl groups excluding tert-OH is 1. The first-order valence-electron chi connectivity index (χ1n) is 6.95. The van der Waals surface area contributed by atoms with Crippen LogP contribution in [-0.2, 0) is 14.3 Å². The van der Waals surface area contributed by atoms with Gasteiger partial charge in [-0.25, -0.2) is 0 Å². The third kappa shape index (κ3) is 5.59. The molecule has 1 fully saturated rings. The van der Waals surface area contributed by atoms with Crippen LogP contribution in [0, 0.1) is 5.41 Å². The molecule has 0 aliphatic carbocycles. The zero-order chi connectivity index (χ0) is 14.5. The van der Waals surface area contributed by atoms with Crippen LogP contribution in [0.2, 0.25) is 0 Å². The number of rotatable bonds is 5. The molecule has 1 saturated heterocycles. The highest BCUT2D eigenvalue weighted by Gasteiger charge is 2.28. The van der Waals surface area contributed by atoms with Crippen molar-refractivity contribution >= 4 is 11.9 Å². The van der Waals surface area contributed by atoms with Crippen LogP contribution in [0.25, 0.3) is 0 Å². The van der Waals surface area contributed by atoms with Gasteiger partial charge in [0, 0.05) is 19.5 Å². The van der Waals surface area contributed by atoms with Gasteiger partial charge in [-0.05, 0) is 25.2 Å². The van der Waals surface area contributed by atoms with Gasteiger partial charge in [0.05, 0.1) is 19.1 Å². The third-order valence-corrected chi connectivity index (χ3v) is 3.57. The summed E-state index contributed by atoms with van der Waals surface area (Å²) in [6.45, 7) is 7.20. The molecule has 1 unspecified atom stereocenters. The number of aliphatic hydroxyl groups is 1. The summed E-state index contributed by atoms with van der Waals surface area (Å²) in [6, 6.07) is 0. The molecule has 0 bridgehead atoms. The monoisotopic (exact) mass is 271 g/mol. The van der Waals surface area contributed by atoms with Crippen LogP contribution >= 0.6 is 0 Å². The third-order valence-electron chi connectivity index (χ3n) is 3.57. The van der Waals surface area contributed by atoms with Gasteiger partial charge in [-0.1, -0.05) is 13.8 Å². The molecule has 0 aromatic carbocycles. The molecule has 1 rings (SSSR count). The van der Waals surface area contributed by atoms with E-state index in [9.17, 15) is 14.7 Å². The number of ether oxygens (including phenoxy) is 1. The number of amides is 1. The molecule has 1 atom stereocenters. The van der Waals surface area contributed by atoms with E-state index in [-0.39, 0.29) is 24.3 Å². The molecule has 1 aliphatic heterocycles. The maximum absolute atomic E-state index is 11.9. The Morgan fingerprint density at radius 1 is 1.47 bits per heavy atom. The van der Waals surface area contributed by atoms with Crippen molar-refractivity contribution in [3.05, 3.63) is 0 Å². The summed E-state index contributed by atoms with van der Waals surface area (Å²) in [6.07, 6.45) is 1.41. The number of hydrogen-bond acceptors (Lipinski definition) is 4. The number of nitrogens with zero attached hydrogens (tertiary/aromatic N) is 1. The van der Waals surface area contributed by atoms with E-state index in [1.807, 2.05) is 0 Å². The van der Waals surface area contributed by atoms with Gasteiger partial charge in [0.15, 0.2) is 0 Å². The van der Waals surface area contributed by atoms with Crippen molar-refractivity contribution in [3.8, 4) is 0 Å². The predicted octanol–water partition coefficient (Wildman–Crippen LogP) is 1.34. The van der Waals surface area contributed by atoms with Crippen molar-refractivity contribution in [2.75, 3.05) is 19.7 Å². The van der Waals surface area contributed by atoms with E-state index < -0.39 is 12.1 Å². The van der Waals surface area contributed by atoms with Crippen LogP contribution in [0.1, 0.15) is 46.5 Å². The molecule has 0 saturated carbocycles. The number of hydrogen-bond donors (Lipinski definition) is 1. The van der Waals surface area contributed by atoms with Crippen molar-refractivity contribution < 1.29 is 19.4 Å². The summed E-state index contributed by atoms with van der Waals surface area (Å²) >= 11 is 0. The molecule has 0 aromatic rings. The summed E-state index contributed by atoms with van der Waals surface area (Å²) < 4.78 is 4.78. The first kappa shape index (κ1) is 16.0. The van der Waals surface area contributed by atoms with Crippen LogP contribution in [0.4, 0.5) is 0 Å². The lowest BCUT2D eigenvalue weighted by Crippen LogP contribution is -2.38. The van der Waals surface area contributed by atoms with Crippen molar-refractivity contribution in [3.63, 3.8) is 0 Å². The average molecular weight is 271 g/mol. The summed E-state index contributed by atoms with van der Waals surface area (Å²) in [5, 5.41) is 9.84. The second kappa shape index (κ2) is 6.89. The zero-order valence-electron chi connectivity index (χ0n) is 12.1. The van der Waals surface area contributed by atoms with Gasteiger partial charge < -0.3 is 14.7 Å². The summed E-state index contributed by atoms with van der Waals surface area (Å²) in [4.78, 5) is 24.9. The normalized spacial score (nSPS) is 20.8. The van der Waals surface area contributed by atoms with E-state index in [4.69, 9.17) is 4.74 Å². The highest BCUT2D eigenvalue weighted by molar-refractivity contribution is 5.76.